The second kappa shape index (κ2) is 2.94. The first-order valence-corrected chi connectivity index (χ1v) is 3.95. The zero-order chi connectivity index (χ0) is 9.26. The monoisotopic (exact) mass is 172 g/mol. The lowest BCUT2D eigenvalue weighted by molar-refractivity contribution is 0.855. The standard InChI is InChI=1S/C10H8N2O/c1-12-9(7-11-13)6-8-4-2-3-5-10(8)12/h2-5,7H,1H3. The highest BCUT2D eigenvalue weighted by atomic mass is 16.2. The number of nitrogens with zero attached hydrogens (tertiary/aromatic N) is 2. The Morgan fingerprint density at radius 2 is 2.23 bits per heavy atom. The molecule has 0 radical (unpaired) electrons. The zero-order valence-corrected chi connectivity index (χ0v) is 7.19. The van der Waals surface area contributed by atoms with Gasteiger partial charge in [0.1, 0.15) is 18.1 Å². The van der Waals surface area contributed by atoms with E-state index in [9.17, 15) is 4.91 Å². The van der Waals surface area contributed by atoms with Crippen LogP contribution in [-0.2, 0) is 0 Å². The number of benzene rings is 1. The van der Waals surface area contributed by atoms with E-state index in [1.165, 1.54) is 6.20 Å². The normalized spacial score (nSPS) is 17.0. The summed E-state index contributed by atoms with van der Waals surface area (Å²) in [5, 5.41) is 4.79. The molecule has 0 aliphatic carbocycles. The summed E-state index contributed by atoms with van der Waals surface area (Å²) in [4.78, 5) is 10.1. The fourth-order valence-corrected chi connectivity index (χ4v) is 1.39. The van der Waals surface area contributed by atoms with Crippen molar-refractivity contribution in [3.63, 3.8) is 0 Å². The van der Waals surface area contributed by atoms with Crippen molar-refractivity contribution in [2.75, 3.05) is 7.05 Å². The predicted octanol–water partition coefficient (Wildman–Crippen LogP) is 0.0864. The third kappa shape index (κ3) is 1.18. The minimum Gasteiger partial charge on any atom is -0.250 e. The van der Waals surface area contributed by atoms with Crippen molar-refractivity contribution in [2.45, 2.75) is 0 Å². The van der Waals surface area contributed by atoms with Gasteiger partial charge in [0.05, 0.1) is 6.20 Å². The van der Waals surface area contributed by atoms with Crippen molar-refractivity contribution in [3.05, 3.63) is 51.6 Å². The molecule has 0 unspecified atom stereocenters. The maximum Gasteiger partial charge on any atom is 0.137 e. The molecule has 0 atom stereocenters. The maximum atomic E-state index is 10.1. The Labute approximate surface area is 75.3 Å². The molecular weight excluding hydrogens is 164 g/mol. The number of hydrogen-bond donors (Lipinski definition) is 0. The van der Waals surface area contributed by atoms with Crippen LogP contribution in [0.5, 0.6) is 0 Å². The van der Waals surface area contributed by atoms with Crippen molar-refractivity contribution in [1.82, 2.24) is 4.58 Å². The molecule has 0 saturated carbocycles. The highest BCUT2D eigenvalue weighted by molar-refractivity contribution is 5.49. The lowest BCUT2D eigenvalue weighted by Crippen LogP contribution is -2.30. The molecule has 0 saturated heterocycles. The quantitative estimate of drug-likeness (QED) is 0.335. The van der Waals surface area contributed by atoms with E-state index in [1.54, 1.807) is 0 Å². The summed E-state index contributed by atoms with van der Waals surface area (Å²) in [6.07, 6.45) is 4.34. The Bertz CT molecular complexity index is 500. The van der Waals surface area contributed by atoms with Crippen LogP contribution < -0.4 is 15.2 Å². The summed E-state index contributed by atoms with van der Waals surface area (Å²) in [5.41, 5.74) is 0.705. The van der Waals surface area contributed by atoms with E-state index < -0.39 is 0 Å². The molecular formula is C10H8N2O. The summed E-state index contributed by atoms with van der Waals surface area (Å²) in [5.74, 6) is 0. The van der Waals surface area contributed by atoms with Gasteiger partial charge >= 0.3 is 0 Å². The van der Waals surface area contributed by atoms with E-state index in [0.29, 0.717) is 5.70 Å². The lowest BCUT2D eigenvalue weighted by Gasteiger charge is -1.92. The average Bonchev–Trinajstić information content (AvgIpc) is 2.46. The van der Waals surface area contributed by atoms with Crippen molar-refractivity contribution in [2.24, 2.45) is 5.18 Å². The minimum absolute atomic E-state index is 0.705. The van der Waals surface area contributed by atoms with Gasteiger partial charge in [-0.25, -0.2) is 0 Å². The third-order valence-corrected chi connectivity index (χ3v) is 2.06. The Hall–Kier alpha value is -1.77. The first-order valence-electron chi connectivity index (χ1n) is 3.95. The Morgan fingerprint density at radius 3 is 2.92 bits per heavy atom. The van der Waals surface area contributed by atoms with E-state index >= 15 is 0 Å². The minimum atomic E-state index is 0.705. The molecule has 1 heterocycles. The third-order valence-electron chi connectivity index (χ3n) is 2.06. The maximum absolute atomic E-state index is 10.1. The van der Waals surface area contributed by atoms with Crippen LogP contribution in [0.3, 0.4) is 0 Å². The van der Waals surface area contributed by atoms with E-state index in [0.717, 1.165) is 10.6 Å². The molecule has 13 heavy (non-hydrogen) atoms. The van der Waals surface area contributed by atoms with Crippen molar-refractivity contribution >= 4 is 6.08 Å². The molecule has 2 rings (SSSR count). The molecule has 0 aromatic heterocycles. The molecule has 0 N–H and O–H groups in total. The number of para-hydroxylation sites is 1. The molecule has 1 aromatic carbocycles. The molecule has 3 heteroatoms. The van der Waals surface area contributed by atoms with Gasteiger partial charge in [0.25, 0.3) is 0 Å². The van der Waals surface area contributed by atoms with E-state index in [2.05, 4.69) is 11.3 Å². The topological polar surface area (TPSA) is 32.4 Å². The summed E-state index contributed by atoms with van der Waals surface area (Å²) < 4.78 is 1.89. The molecule has 1 aliphatic rings. The van der Waals surface area contributed by atoms with Crippen LogP contribution >= 0.6 is 0 Å². The molecule has 0 fully saturated rings. The van der Waals surface area contributed by atoms with Gasteiger partial charge in [-0.05, 0) is 6.07 Å². The Balaban J connectivity index is 2.79. The predicted molar refractivity (Wildman–Crippen MR) is 50.1 cm³/mol. The zero-order valence-electron chi connectivity index (χ0n) is 7.19. The fourth-order valence-electron chi connectivity index (χ4n) is 1.39. The first-order chi connectivity index (χ1) is 6.33. The largest absolute Gasteiger partial charge is 0.250 e. The van der Waals surface area contributed by atoms with Gasteiger partial charge in [-0.3, -0.25) is 4.58 Å². The summed E-state index contributed by atoms with van der Waals surface area (Å²) in [7, 11) is 1.88. The molecule has 1 aromatic rings. The van der Waals surface area contributed by atoms with Crippen LogP contribution in [0.15, 0.2) is 41.3 Å². The second-order valence-electron chi connectivity index (χ2n) is 2.82. The number of allylic oxidation sites excluding steroid dienone is 1. The summed E-state index contributed by atoms with van der Waals surface area (Å²) in [6.45, 7) is 0. The van der Waals surface area contributed by atoms with Crippen LogP contribution in [-0.4, -0.2) is 7.05 Å². The smallest absolute Gasteiger partial charge is 0.137 e. The molecule has 0 bridgehead atoms. The van der Waals surface area contributed by atoms with Gasteiger partial charge in [-0.2, -0.15) is 4.91 Å². The molecule has 0 amide bonds. The first kappa shape index (κ1) is 7.86. The van der Waals surface area contributed by atoms with Crippen molar-refractivity contribution in [1.29, 1.82) is 0 Å². The van der Waals surface area contributed by atoms with E-state index in [-0.39, 0.29) is 0 Å². The van der Waals surface area contributed by atoms with Crippen molar-refractivity contribution < 1.29 is 0 Å². The number of nitroso groups, excluding NO2 is 1. The number of fused-ring (bicyclic) bond motifs is 1. The van der Waals surface area contributed by atoms with Crippen LogP contribution in [0.2, 0.25) is 0 Å². The van der Waals surface area contributed by atoms with Gasteiger partial charge in [0.15, 0.2) is 0 Å². The van der Waals surface area contributed by atoms with Crippen LogP contribution in [0, 0.1) is 4.91 Å². The number of hydrogen-bond acceptors (Lipinski definition) is 2. The van der Waals surface area contributed by atoms with Crippen molar-refractivity contribution in [3.8, 4) is 0 Å². The highest BCUT2D eigenvalue weighted by Gasteiger charge is 2.05. The van der Waals surface area contributed by atoms with Gasteiger partial charge in [-0.1, -0.05) is 22.5 Å². The van der Waals surface area contributed by atoms with E-state index in [1.807, 2.05) is 35.9 Å². The summed E-state index contributed by atoms with van der Waals surface area (Å²) >= 11 is 0. The highest BCUT2D eigenvalue weighted by Crippen LogP contribution is 1.97. The number of rotatable bonds is 1. The van der Waals surface area contributed by atoms with Crippen LogP contribution in [0.25, 0.3) is 6.08 Å². The average molecular weight is 172 g/mol. The van der Waals surface area contributed by atoms with Gasteiger partial charge in [-0.15, -0.1) is 12.1 Å². The SMILES string of the molecule is C[N+]1=c2ccccc2=[C-]/C1=C/N=O. The second-order valence-corrected chi connectivity index (χ2v) is 2.82. The molecule has 64 valence electrons. The van der Waals surface area contributed by atoms with E-state index in [4.69, 9.17) is 0 Å². The fraction of sp³-hybridized carbons (Fsp3) is 0.100. The molecule has 1 aliphatic heterocycles. The Morgan fingerprint density at radius 1 is 1.46 bits per heavy atom. The molecule has 3 nitrogen and oxygen atoms in total. The van der Waals surface area contributed by atoms with Crippen LogP contribution in [0.4, 0.5) is 0 Å². The van der Waals surface area contributed by atoms with Gasteiger partial charge in [0, 0.05) is 0 Å². The summed E-state index contributed by atoms with van der Waals surface area (Å²) in [6, 6.07) is 7.83. The van der Waals surface area contributed by atoms with Gasteiger partial charge in [0.2, 0.25) is 0 Å². The van der Waals surface area contributed by atoms with Gasteiger partial charge < -0.3 is 0 Å². The lowest BCUT2D eigenvalue weighted by atomic mass is 10.3. The Kier molecular flexibility index (Phi) is 1.77. The van der Waals surface area contributed by atoms with Crippen LogP contribution in [0.1, 0.15) is 0 Å². The molecule has 0 spiro atoms.